The molecule has 1 aliphatic heterocycles. The van der Waals surface area contributed by atoms with Crippen LogP contribution in [0, 0.1) is 11.8 Å². The van der Waals surface area contributed by atoms with Crippen molar-refractivity contribution in [3.8, 4) is 0 Å². The molecular weight excluding hydrogens is 290 g/mol. The molecule has 1 amide bonds. The third kappa shape index (κ3) is 5.01. The first-order valence-electron chi connectivity index (χ1n) is 7.69. The molecule has 1 fully saturated rings. The van der Waals surface area contributed by atoms with Crippen molar-refractivity contribution in [3.05, 3.63) is 0 Å². The maximum absolute atomic E-state index is 11.9. The first kappa shape index (κ1) is 19.0. The maximum Gasteiger partial charge on any atom is 0.220 e. The molecule has 5 unspecified atom stereocenters. The highest BCUT2D eigenvalue weighted by molar-refractivity contribution is 5.78. The lowest BCUT2D eigenvalue weighted by atomic mass is 9.80. The maximum atomic E-state index is 11.9. The van der Waals surface area contributed by atoms with E-state index in [9.17, 15) is 24.9 Å². The monoisotopic (exact) mass is 317 g/mol. The van der Waals surface area contributed by atoms with Crippen molar-refractivity contribution in [3.63, 3.8) is 0 Å². The minimum atomic E-state index is -1.38. The number of rotatable bonds is 7. The van der Waals surface area contributed by atoms with E-state index in [-0.39, 0.29) is 30.6 Å². The molecule has 22 heavy (non-hydrogen) atoms. The van der Waals surface area contributed by atoms with Crippen molar-refractivity contribution in [1.29, 1.82) is 0 Å². The normalized spacial score (nSPS) is 32.0. The number of nitrogens with one attached hydrogen (secondary N) is 1. The van der Waals surface area contributed by atoms with Gasteiger partial charge in [-0.05, 0) is 19.3 Å². The second-order valence-electron chi connectivity index (χ2n) is 6.21. The Morgan fingerprint density at radius 1 is 1.23 bits per heavy atom. The van der Waals surface area contributed by atoms with E-state index < -0.39 is 30.5 Å². The van der Waals surface area contributed by atoms with Gasteiger partial charge >= 0.3 is 0 Å². The Balaban J connectivity index is 2.64. The molecule has 128 valence electrons. The molecule has 7 nitrogen and oxygen atoms in total. The number of ether oxygens (including phenoxy) is 1. The Morgan fingerprint density at radius 3 is 2.36 bits per heavy atom. The Morgan fingerprint density at radius 2 is 1.86 bits per heavy atom. The standard InChI is InChI=1S/C15H27NO6/c1-8(2)12-10(7-17)22-15(21)13(14(12)20)16-11(19)6-4-5-9(3)18/h8,10,12-15,17,20-21H,4-7H2,1-3H3,(H,16,19). The molecule has 4 N–H and O–H groups in total. The summed E-state index contributed by atoms with van der Waals surface area (Å²) in [5.41, 5.74) is 0. The van der Waals surface area contributed by atoms with Gasteiger partial charge in [-0.1, -0.05) is 13.8 Å². The summed E-state index contributed by atoms with van der Waals surface area (Å²) < 4.78 is 5.31. The van der Waals surface area contributed by atoms with Crippen LogP contribution in [-0.4, -0.2) is 58.2 Å². The van der Waals surface area contributed by atoms with Gasteiger partial charge in [-0.2, -0.15) is 0 Å². The highest BCUT2D eigenvalue weighted by atomic mass is 16.6. The van der Waals surface area contributed by atoms with Crippen molar-refractivity contribution < 1.29 is 29.6 Å². The molecule has 1 heterocycles. The summed E-state index contributed by atoms with van der Waals surface area (Å²) in [5.74, 6) is -0.717. The molecule has 0 aromatic heterocycles. The second-order valence-corrected chi connectivity index (χ2v) is 6.21. The minimum Gasteiger partial charge on any atom is -0.394 e. The summed E-state index contributed by atoms with van der Waals surface area (Å²) in [7, 11) is 0. The lowest BCUT2D eigenvalue weighted by Gasteiger charge is -2.44. The van der Waals surface area contributed by atoms with E-state index in [1.807, 2.05) is 13.8 Å². The highest BCUT2D eigenvalue weighted by Gasteiger charge is 2.45. The summed E-state index contributed by atoms with van der Waals surface area (Å²) in [5, 5.41) is 32.2. The number of carbonyl (C=O) groups excluding carboxylic acids is 2. The van der Waals surface area contributed by atoms with E-state index in [2.05, 4.69) is 5.32 Å². The van der Waals surface area contributed by atoms with Crippen molar-refractivity contribution in [2.75, 3.05) is 6.61 Å². The Bertz CT molecular complexity index is 386. The van der Waals surface area contributed by atoms with Gasteiger partial charge < -0.3 is 30.2 Å². The second kappa shape index (κ2) is 8.57. The Labute approximate surface area is 130 Å². The van der Waals surface area contributed by atoms with Crippen LogP contribution in [0.5, 0.6) is 0 Å². The van der Waals surface area contributed by atoms with E-state index in [1.165, 1.54) is 6.92 Å². The lowest BCUT2D eigenvalue weighted by Crippen LogP contribution is -2.62. The molecule has 5 atom stereocenters. The zero-order valence-electron chi connectivity index (χ0n) is 13.4. The molecular formula is C15H27NO6. The molecule has 1 saturated heterocycles. The predicted molar refractivity (Wildman–Crippen MR) is 78.8 cm³/mol. The molecule has 0 bridgehead atoms. The molecule has 1 aliphatic rings. The molecule has 1 rings (SSSR count). The van der Waals surface area contributed by atoms with Crippen LogP contribution in [0.1, 0.15) is 40.0 Å². The zero-order valence-corrected chi connectivity index (χ0v) is 13.4. The van der Waals surface area contributed by atoms with Crippen LogP contribution in [0.4, 0.5) is 0 Å². The quantitative estimate of drug-likeness (QED) is 0.506. The van der Waals surface area contributed by atoms with Crippen molar-refractivity contribution in [1.82, 2.24) is 5.32 Å². The number of ketones is 1. The fourth-order valence-electron chi connectivity index (χ4n) is 2.88. The third-order valence-corrected chi connectivity index (χ3v) is 4.02. The van der Waals surface area contributed by atoms with Crippen LogP contribution in [0.25, 0.3) is 0 Å². The average molecular weight is 317 g/mol. The number of hydrogen-bond acceptors (Lipinski definition) is 6. The van der Waals surface area contributed by atoms with Crippen molar-refractivity contribution >= 4 is 11.7 Å². The Kier molecular flexibility index (Phi) is 7.41. The van der Waals surface area contributed by atoms with Gasteiger partial charge in [0.15, 0.2) is 6.29 Å². The van der Waals surface area contributed by atoms with Crippen LogP contribution in [0.15, 0.2) is 0 Å². The zero-order chi connectivity index (χ0) is 16.9. The van der Waals surface area contributed by atoms with Crippen LogP contribution < -0.4 is 5.32 Å². The Hall–Kier alpha value is -1.02. The highest BCUT2D eigenvalue weighted by Crippen LogP contribution is 2.30. The third-order valence-electron chi connectivity index (χ3n) is 4.02. The van der Waals surface area contributed by atoms with Gasteiger partial charge in [-0.15, -0.1) is 0 Å². The van der Waals surface area contributed by atoms with E-state index in [4.69, 9.17) is 4.74 Å². The van der Waals surface area contributed by atoms with Crippen LogP contribution in [-0.2, 0) is 14.3 Å². The summed E-state index contributed by atoms with van der Waals surface area (Å²) in [6, 6.07) is -0.944. The van der Waals surface area contributed by atoms with Gasteiger partial charge in [0.2, 0.25) is 5.91 Å². The van der Waals surface area contributed by atoms with Gasteiger partial charge in [0.25, 0.3) is 0 Å². The fraction of sp³-hybridized carbons (Fsp3) is 0.867. The van der Waals surface area contributed by atoms with Crippen LogP contribution >= 0.6 is 0 Å². The summed E-state index contributed by atoms with van der Waals surface area (Å²) in [4.78, 5) is 22.7. The first-order chi connectivity index (χ1) is 10.3. The predicted octanol–water partition coefficient (Wildman–Crippen LogP) is -0.427. The van der Waals surface area contributed by atoms with E-state index in [1.54, 1.807) is 0 Å². The minimum absolute atomic E-state index is 0.0109. The van der Waals surface area contributed by atoms with Crippen molar-refractivity contribution in [2.45, 2.75) is 64.6 Å². The number of carbonyl (C=O) groups is 2. The number of aliphatic hydroxyl groups excluding tert-OH is 3. The van der Waals surface area contributed by atoms with Gasteiger partial charge in [-0.25, -0.2) is 0 Å². The average Bonchev–Trinajstić information content (AvgIpc) is 2.41. The molecule has 0 aliphatic carbocycles. The number of Topliss-reactive ketones (excluding diaryl/α,β-unsaturated/α-hetero) is 1. The van der Waals surface area contributed by atoms with Crippen molar-refractivity contribution in [2.24, 2.45) is 11.8 Å². The largest absolute Gasteiger partial charge is 0.394 e. The van der Waals surface area contributed by atoms with E-state index >= 15 is 0 Å². The SMILES string of the molecule is CC(=O)CCCC(=O)NC1C(O)OC(CO)C(C(C)C)C1O. The molecule has 0 aromatic rings. The van der Waals surface area contributed by atoms with Gasteiger partial charge in [0.1, 0.15) is 11.8 Å². The molecule has 0 saturated carbocycles. The molecule has 0 spiro atoms. The fourth-order valence-corrected chi connectivity index (χ4v) is 2.88. The number of amides is 1. The van der Waals surface area contributed by atoms with Gasteiger partial charge in [0.05, 0.1) is 18.8 Å². The molecule has 0 radical (unpaired) electrons. The molecule has 7 heteroatoms. The first-order valence-corrected chi connectivity index (χ1v) is 7.69. The van der Waals surface area contributed by atoms with Crippen LogP contribution in [0.2, 0.25) is 0 Å². The lowest BCUT2D eigenvalue weighted by molar-refractivity contribution is -0.244. The summed E-state index contributed by atoms with van der Waals surface area (Å²) in [6.45, 7) is 4.91. The van der Waals surface area contributed by atoms with E-state index in [0.717, 1.165) is 0 Å². The summed E-state index contributed by atoms with van der Waals surface area (Å²) in [6.07, 6.45) is -2.17. The van der Waals surface area contributed by atoms with Gasteiger partial charge in [0, 0.05) is 18.8 Å². The smallest absolute Gasteiger partial charge is 0.220 e. The summed E-state index contributed by atoms with van der Waals surface area (Å²) >= 11 is 0. The van der Waals surface area contributed by atoms with Gasteiger partial charge in [-0.3, -0.25) is 4.79 Å². The topological polar surface area (TPSA) is 116 Å². The number of aliphatic hydroxyl groups is 3. The van der Waals surface area contributed by atoms with Crippen LogP contribution in [0.3, 0.4) is 0 Å². The van der Waals surface area contributed by atoms with E-state index in [0.29, 0.717) is 12.8 Å². The number of hydrogen-bond donors (Lipinski definition) is 4. The molecule has 0 aromatic carbocycles.